The van der Waals surface area contributed by atoms with E-state index in [-0.39, 0.29) is 17.7 Å². The highest BCUT2D eigenvalue weighted by Crippen LogP contribution is 2.38. The molecular formula is C20H26F3N3O. The van der Waals surface area contributed by atoms with Crippen molar-refractivity contribution >= 4 is 11.5 Å². The SMILES string of the molecule is CC(C)COc1ncc(C(F)(F)F)c(N(C)c2ccccc2CC(C)C)n1. The number of rotatable bonds is 7. The molecule has 0 bridgehead atoms. The summed E-state index contributed by atoms with van der Waals surface area (Å²) >= 11 is 0. The van der Waals surface area contributed by atoms with Gasteiger partial charge in [0.25, 0.3) is 0 Å². The van der Waals surface area contributed by atoms with Crippen LogP contribution in [0.15, 0.2) is 30.5 Å². The molecule has 1 aromatic heterocycles. The summed E-state index contributed by atoms with van der Waals surface area (Å²) in [6, 6.07) is 7.36. The number of hydrogen-bond donors (Lipinski definition) is 0. The molecule has 0 unspecified atom stereocenters. The number of para-hydroxylation sites is 1. The second-order valence-corrected chi connectivity index (χ2v) is 7.38. The molecule has 0 amide bonds. The molecule has 0 aliphatic carbocycles. The zero-order valence-electron chi connectivity index (χ0n) is 16.3. The smallest absolute Gasteiger partial charge is 0.421 e. The van der Waals surface area contributed by atoms with Crippen molar-refractivity contribution in [2.45, 2.75) is 40.3 Å². The van der Waals surface area contributed by atoms with Crippen LogP contribution in [-0.2, 0) is 12.6 Å². The van der Waals surface area contributed by atoms with Crippen molar-refractivity contribution in [3.63, 3.8) is 0 Å². The van der Waals surface area contributed by atoms with Crippen LogP contribution in [-0.4, -0.2) is 23.6 Å². The molecule has 0 saturated heterocycles. The van der Waals surface area contributed by atoms with Gasteiger partial charge in [0, 0.05) is 18.9 Å². The van der Waals surface area contributed by atoms with Crippen molar-refractivity contribution in [3.05, 3.63) is 41.6 Å². The number of halogens is 3. The molecule has 1 heterocycles. The predicted octanol–water partition coefficient (Wildman–Crippen LogP) is 5.50. The van der Waals surface area contributed by atoms with Crippen LogP contribution in [0.3, 0.4) is 0 Å². The molecule has 0 fully saturated rings. The molecule has 1 aromatic carbocycles. The number of nitrogens with zero attached hydrogens (tertiary/aromatic N) is 3. The molecule has 0 N–H and O–H groups in total. The van der Waals surface area contributed by atoms with Gasteiger partial charge in [-0.3, -0.25) is 0 Å². The molecule has 2 rings (SSSR count). The van der Waals surface area contributed by atoms with E-state index in [9.17, 15) is 13.2 Å². The average Bonchev–Trinajstić information content (AvgIpc) is 2.58. The minimum atomic E-state index is -4.56. The highest BCUT2D eigenvalue weighted by Gasteiger charge is 2.37. The van der Waals surface area contributed by atoms with Gasteiger partial charge in [-0.2, -0.15) is 18.2 Å². The van der Waals surface area contributed by atoms with Crippen molar-refractivity contribution in [2.75, 3.05) is 18.6 Å². The van der Waals surface area contributed by atoms with E-state index in [0.717, 1.165) is 18.2 Å². The normalized spacial score (nSPS) is 11.9. The summed E-state index contributed by atoms with van der Waals surface area (Å²) in [5, 5.41) is 0. The number of ether oxygens (including phenoxy) is 1. The Balaban J connectivity index is 2.49. The molecule has 0 atom stereocenters. The Bertz CT molecular complexity index is 760. The third kappa shape index (κ3) is 5.58. The lowest BCUT2D eigenvalue weighted by Crippen LogP contribution is -2.21. The second kappa shape index (κ2) is 8.59. The van der Waals surface area contributed by atoms with Crippen molar-refractivity contribution in [1.29, 1.82) is 0 Å². The Morgan fingerprint density at radius 1 is 1.07 bits per heavy atom. The van der Waals surface area contributed by atoms with Crippen LogP contribution in [0.5, 0.6) is 6.01 Å². The van der Waals surface area contributed by atoms with Crippen LogP contribution in [0.2, 0.25) is 0 Å². The summed E-state index contributed by atoms with van der Waals surface area (Å²) in [4.78, 5) is 9.29. The second-order valence-electron chi connectivity index (χ2n) is 7.38. The van der Waals surface area contributed by atoms with Crippen molar-refractivity contribution in [3.8, 4) is 6.01 Å². The first-order chi connectivity index (χ1) is 12.6. The Morgan fingerprint density at radius 3 is 2.33 bits per heavy atom. The largest absolute Gasteiger partial charge is 0.463 e. The Kier molecular flexibility index (Phi) is 6.68. The van der Waals surface area contributed by atoms with Gasteiger partial charge in [-0.1, -0.05) is 45.9 Å². The monoisotopic (exact) mass is 381 g/mol. The molecule has 0 spiro atoms. The van der Waals surface area contributed by atoms with Gasteiger partial charge in [-0.15, -0.1) is 0 Å². The van der Waals surface area contributed by atoms with Crippen LogP contribution in [0.1, 0.15) is 38.8 Å². The maximum absolute atomic E-state index is 13.5. The molecule has 0 aliphatic heterocycles. The summed E-state index contributed by atoms with van der Waals surface area (Å²) < 4.78 is 46.0. The standard InChI is InChI=1S/C20H26F3N3O/c1-13(2)10-15-8-6-7-9-17(15)26(5)18-16(20(21,22)23)11-24-19(25-18)27-12-14(3)4/h6-9,11,13-14H,10,12H2,1-5H3. The lowest BCUT2D eigenvalue weighted by Gasteiger charge is -2.25. The Hall–Kier alpha value is -2.31. The third-order valence-electron chi connectivity index (χ3n) is 3.90. The zero-order chi connectivity index (χ0) is 20.2. The fourth-order valence-corrected chi connectivity index (χ4v) is 2.69. The molecule has 0 radical (unpaired) electrons. The predicted molar refractivity (Wildman–Crippen MR) is 100 cm³/mol. The lowest BCUT2D eigenvalue weighted by molar-refractivity contribution is -0.137. The van der Waals surface area contributed by atoms with E-state index in [1.54, 1.807) is 19.2 Å². The molecule has 0 aliphatic rings. The van der Waals surface area contributed by atoms with Gasteiger partial charge in [0.1, 0.15) is 5.56 Å². The molecular weight excluding hydrogens is 355 g/mol. The molecule has 2 aromatic rings. The van der Waals surface area contributed by atoms with Crippen LogP contribution in [0.4, 0.5) is 24.7 Å². The quantitative estimate of drug-likeness (QED) is 0.635. The number of benzene rings is 1. The number of hydrogen-bond acceptors (Lipinski definition) is 4. The number of aromatic nitrogens is 2. The molecule has 148 valence electrons. The molecule has 27 heavy (non-hydrogen) atoms. The van der Waals surface area contributed by atoms with E-state index in [1.807, 2.05) is 26.0 Å². The van der Waals surface area contributed by atoms with Gasteiger partial charge in [0.15, 0.2) is 5.82 Å². The van der Waals surface area contributed by atoms with Gasteiger partial charge in [0.2, 0.25) is 0 Å². The highest BCUT2D eigenvalue weighted by molar-refractivity contribution is 5.66. The summed E-state index contributed by atoms with van der Waals surface area (Å²) in [5.41, 5.74) is 0.762. The number of anilines is 2. The first-order valence-corrected chi connectivity index (χ1v) is 8.98. The molecule has 0 saturated carbocycles. The molecule has 7 heteroatoms. The Morgan fingerprint density at radius 2 is 1.74 bits per heavy atom. The summed E-state index contributed by atoms with van der Waals surface area (Å²) in [6.45, 7) is 8.36. The lowest BCUT2D eigenvalue weighted by atomic mass is 10.0. The maximum Gasteiger partial charge on any atom is 0.421 e. The van der Waals surface area contributed by atoms with E-state index in [4.69, 9.17) is 4.74 Å². The summed E-state index contributed by atoms with van der Waals surface area (Å²) in [5.74, 6) is 0.369. The fourth-order valence-electron chi connectivity index (χ4n) is 2.69. The Labute approximate surface area is 158 Å². The van der Waals surface area contributed by atoms with Crippen LogP contribution < -0.4 is 9.64 Å². The van der Waals surface area contributed by atoms with Gasteiger partial charge >= 0.3 is 12.2 Å². The van der Waals surface area contributed by atoms with Crippen molar-refractivity contribution < 1.29 is 17.9 Å². The van der Waals surface area contributed by atoms with E-state index in [2.05, 4.69) is 23.8 Å². The van der Waals surface area contributed by atoms with E-state index in [0.29, 0.717) is 18.2 Å². The third-order valence-corrected chi connectivity index (χ3v) is 3.90. The van der Waals surface area contributed by atoms with E-state index >= 15 is 0 Å². The molecule has 4 nitrogen and oxygen atoms in total. The van der Waals surface area contributed by atoms with Crippen LogP contribution in [0, 0.1) is 11.8 Å². The van der Waals surface area contributed by atoms with Gasteiger partial charge < -0.3 is 9.64 Å². The van der Waals surface area contributed by atoms with Gasteiger partial charge in [-0.05, 0) is 29.9 Å². The first kappa shape index (κ1) is 21.0. The highest BCUT2D eigenvalue weighted by atomic mass is 19.4. The minimum absolute atomic E-state index is 0.0557. The van der Waals surface area contributed by atoms with Crippen LogP contribution in [0.25, 0.3) is 0 Å². The van der Waals surface area contributed by atoms with E-state index < -0.39 is 11.7 Å². The van der Waals surface area contributed by atoms with Gasteiger partial charge in [0.05, 0.1) is 6.61 Å². The van der Waals surface area contributed by atoms with Gasteiger partial charge in [-0.25, -0.2) is 4.98 Å². The number of alkyl halides is 3. The summed E-state index contributed by atoms with van der Waals surface area (Å²) in [6.07, 6.45) is -3.02. The maximum atomic E-state index is 13.5. The topological polar surface area (TPSA) is 38.2 Å². The van der Waals surface area contributed by atoms with Crippen molar-refractivity contribution in [1.82, 2.24) is 9.97 Å². The van der Waals surface area contributed by atoms with E-state index in [1.165, 1.54) is 4.90 Å². The zero-order valence-corrected chi connectivity index (χ0v) is 16.3. The first-order valence-electron chi connectivity index (χ1n) is 8.98. The summed E-state index contributed by atoms with van der Waals surface area (Å²) in [7, 11) is 1.59. The fraction of sp³-hybridized carbons (Fsp3) is 0.500. The van der Waals surface area contributed by atoms with Crippen LogP contribution >= 0.6 is 0 Å². The average molecular weight is 381 g/mol. The minimum Gasteiger partial charge on any atom is -0.463 e. The van der Waals surface area contributed by atoms with Crippen molar-refractivity contribution in [2.24, 2.45) is 11.8 Å².